The van der Waals surface area contributed by atoms with E-state index in [2.05, 4.69) is 42.9 Å². The monoisotopic (exact) mass is 178 g/mol. The van der Waals surface area contributed by atoms with Crippen molar-refractivity contribution in [1.29, 1.82) is 0 Å². The molecule has 0 saturated heterocycles. The van der Waals surface area contributed by atoms with Crippen LogP contribution in [0.3, 0.4) is 0 Å². The van der Waals surface area contributed by atoms with Gasteiger partial charge in [-0.1, -0.05) is 0 Å². The summed E-state index contributed by atoms with van der Waals surface area (Å²) < 4.78 is 2.38. The molecule has 0 saturated carbocycles. The van der Waals surface area contributed by atoms with Crippen LogP contribution >= 0.6 is 0 Å². The molecule has 1 aromatic rings. The summed E-state index contributed by atoms with van der Waals surface area (Å²) >= 11 is 0. The van der Waals surface area contributed by atoms with E-state index < -0.39 is 0 Å². The Kier molecular flexibility index (Phi) is 1.95. The number of nitrogens with one attached hydrogen (secondary N) is 1. The highest BCUT2D eigenvalue weighted by molar-refractivity contribution is 5.26. The molecule has 0 radical (unpaired) electrons. The Labute approximate surface area is 79.9 Å². The average molecular weight is 178 g/mol. The maximum absolute atomic E-state index is 3.42. The fourth-order valence-electron chi connectivity index (χ4n) is 1.99. The van der Waals surface area contributed by atoms with Crippen molar-refractivity contribution in [1.82, 2.24) is 9.88 Å². The van der Waals surface area contributed by atoms with E-state index in [9.17, 15) is 0 Å². The summed E-state index contributed by atoms with van der Waals surface area (Å²) in [5, 5.41) is 3.42. The SMILES string of the molecule is CC(C)(C)n1ccc2c1CNCC2. The third-order valence-corrected chi connectivity index (χ3v) is 2.67. The van der Waals surface area contributed by atoms with Crippen LogP contribution in [0, 0.1) is 0 Å². The molecule has 0 atom stereocenters. The molecule has 2 nitrogen and oxygen atoms in total. The average Bonchev–Trinajstić information content (AvgIpc) is 2.45. The minimum Gasteiger partial charge on any atom is -0.345 e. The van der Waals surface area contributed by atoms with Gasteiger partial charge in [0.25, 0.3) is 0 Å². The molecule has 0 aliphatic carbocycles. The Morgan fingerprint density at radius 3 is 2.85 bits per heavy atom. The highest BCUT2D eigenvalue weighted by Crippen LogP contribution is 2.23. The molecule has 0 bridgehead atoms. The Morgan fingerprint density at radius 2 is 2.15 bits per heavy atom. The standard InChI is InChI=1S/C11H18N2/c1-11(2,3)13-7-5-9-4-6-12-8-10(9)13/h5,7,12H,4,6,8H2,1-3H3. The first-order valence-corrected chi connectivity index (χ1v) is 4.99. The first-order valence-electron chi connectivity index (χ1n) is 4.99. The number of aromatic nitrogens is 1. The van der Waals surface area contributed by atoms with E-state index in [0.29, 0.717) is 0 Å². The molecule has 0 spiro atoms. The summed E-state index contributed by atoms with van der Waals surface area (Å²) in [7, 11) is 0. The molecular weight excluding hydrogens is 160 g/mol. The van der Waals surface area contributed by atoms with E-state index in [1.54, 1.807) is 0 Å². The van der Waals surface area contributed by atoms with Crippen molar-refractivity contribution >= 4 is 0 Å². The highest BCUT2D eigenvalue weighted by atomic mass is 15.1. The van der Waals surface area contributed by atoms with Crippen LogP contribution in [-0.2, 0) is 18.5 Å². The number of hydrogen-bond donors (Lipinski definition) is 1. The molecule has 2 heteroatoms. The van der Waals surface area contributed by atoms with E-state index in [0.717, 1.165) is 13.1 Å². The molecule has 2 heterocycles. The maximum Gasteiger partial charge on any atom is 0.0362 e. The fraction of sp³-hybridized carbons (Fsp3) is 0.636. The lowest BCUT2D eigenvalue weighted by Crippen LogP contribution is -2.30. The Hall–Kier alpha value is -0.760. The maximum atomic E-state index is 3.42. The molecule has 0 unspecified atom stereocenters. The number of fused-ring (bicyclic) bond motifs is 1. The predicted molar refractivity (Wildman–Crippen MR) is 54.8 cm³/mol. The van der Waals surface area contributed by atoms with Gasteiger partial charge in [0, 0.05) is 24.0 Å². The molecule has 0 amide bonds. The molecule has 72 valence electrons. The van der Waals surface area contributed by atoms with Gasteiger partial charge >= 0.3 is 0 Å². The Balaban J connectivity index is 2.43. The molecule has 0 fully saturated rings. The third-order valence-electron chi connectivity index (χ3n) is 2.67. The van der Waals surface area contributed by atoms with Crippen LogP contribution in [0.15, 0.2) is 12.3 Å². The van der Waals surface area contributed by atoms with Crippen molar-refractivity contribution in [3.05, 3.63) is 23.5 Å². The van der Waals surface area contributed by atoms with Crippen LogP contribution in [0.2, 0.25) is 0 Å². The zero-order valence-corrected chi connectivity index (χ0v) is 8.72. The highest BCUT2D eigenvalue weighted by Gasteiger charge is 2.20. The minimum atomic E-state index is 0.215. The first kappa shape index (κ1) is 8.82. The van der Waals surface area contributed by atoms with Crippen molar-refractivity contribution in [2.45, 2.75) is 39.3 Å². The lowest BCUT2D eigenvalue weighted by atomic mass is 10.1. The quantitative estimate of drug-likeness (QED) is 0.642. The van der Waals surface area contributed by atoms with Gasteiger partial charge in [-0.3, -0.25) is 0 Å². The topological polar surface area (TPSA) is 17.0 Å². The van der Waals surface area contributed by atoms with Crippen molar-refractivity contribution in [2.75, 3.05) is 6.54 Å². The number of rotatable bonds is 0. The van der Waals surface area contributed by atoms with Crippen LogP contribution in [0.4, 0.5) is 0 Å². The van der Waals surface area contributed by atoms with Crippen LogP contribution in [0.1, 0.15) is 32.0 Å². The fourth-order valence-corrected chi connectivity index (χ4v) is 1.99. The zero-order chi connectivity index (χ0) is 9.47. The van der Waals surface area contributed by atoms with Crippen molar-refractivity contribution in [3.63, 3.8) is 0 Å². The first-order chi connectivity index (χ1) is 6.09. The van der Waals surface area contributed by atoms with Crippen LogP contribution < -0.4 is 5.32 Å². The summed E-state index contributed by atoms with van der Waals surface area (Å²) in [6.45, 7) is 8.91. The van der Waals surface area contributed by atoms with E-state index in [4.69, 9.17) is 0 Å². The van der Waals surface area contributed by atoms with E-state index in [1.165, 1.54) is 17.7 Å². The van der Waals surface area contributed by atoms with Gasteiger partial charge in [-0.05, 0) is 45.4 Å². The smallest absolute Gasteiger partial charge is 0.0362 e. The van der Waals surface area contributed by atoms with Gasteiger partial charge in [0.1, 0.15) is 0 Å². The molecule has 1 aliphatic heterocycles. The summed E-state index contributed by atoms with van der Waals surface area (Å²) in [6, 6.07) is 2.27. The lowest BCUT2D eigenvalue weighted by molar-refractivity contribution is 0.377. The zero-order valence-electron chi connectivity index (χ0n) is 8.72. The van der Waals surface area contributed by atoms with E-state index in [1.807, 2.05) is 0 Å². The molecular formula is C11H18N2. The second-order valence-corrected chi connectivity index (χ2v) is 4.76. The van der Waals surface area contributed by atoms with Crippen molar-refractivity contribution in [2.24, 2.45) is 0 Å². The largest absolute Gasteiger partial charge is 0.345 e. The van der Waals surface area contributed by atoms with Gasteiger partial charge in [-0.15, -0.1) is 0 Å². The molecule has 1 aromatic heterocycles. The van der Waals surface area contributed by atoms with Gasteiger partial charge < -0.3 is 9.88 Å². The second-order valence-electron chi connectivity index (χ2n) is 4.76. The minimum absolute atomic E-state index is 0.215. The van der Waals surface area contributed by atoms with Gasteiger partial charge in [0.15, 0.2) is 0 Å². The van der Waals surface area contributed by atoms with Crippen LogP contribution in [0.25, 0.3) is 0 Å². The van der Waals surface area contributed by atoms with Crippen LogP contribution in [-0.4, -0.2) is 11.1 Å². The summed E-state index contributed by atoms with van der Waals surface area (Å²) in [6.07, 6.45) is 3.40. The van der Waals surface area contributed by atoms with Crippen LogP contribution in [0.5, 0.6) is 0 Å². The van der Waals surface area contributed by atoms with Gasteiger partial charge in [-0.25, -0.2) is 0 Å². The molecule has 13 heavy (non-hydrogen) atoms. The molecule has 1 aliphatic rings. The number of nitrogens with zero attached hydrogens (tertiary/aromatic N) is 1. The van der Waals surface area contributed by atoms with Gasteiger partial charge in [0.2, 0.25) is 0 Å². The lowest BCUT2D eigenvalue weighted by Gasteiger charge is -2.27. The summed E-state index contributed by atoms with van der Waals surface area (Å²) in [4.78, 5) is 0. The van der Waals surface area contributed by atoms with E-state index >= 15 is 0 Å². The number of hydrogen-bond acceptors (Lipinski definition) is 1. The summed E-state index contributed by atoms with van der Waals surface area (Å²) in [5.41, 5.74) is 3.21. The van der Waals surface area contributed by atoms with Gasteiger partial charge in [-0.2, -0.15) is 0 Å². The Bertz CT molecular complexity index is 304. The Morgan fingerprint density at radius 1 is 1.38 bits per heavy atom. The molecule has 0 aromatic carbocycles. The second kappa shape index (κ2) is 2.88. The van der Waals surface area contributed by atoms with Crippen molar-refractivity contribution in [3.8, 4) is 0 Å². The van der Waals surface area contributed by atoms with E-state index in [-0.39, 0.29) is 5.54 Å². The third kappa shape index (κ3) is 1.51. The molecule has 2 rings (SSSR count). The molecule has 1 N–H and O–H groups in total. The predicted octanol–water partition coefficient (Wildman–Crippen LogP) is 1.89. The van der Waals surface area contributed by atoms with Gasteiger partial charge in [0.05, 0.1) is 0 Å². The normalized spacial score (nSPS) is 17.2. The van der Waals surface area contributed by atoms with Crippen molar-refractivity contribution < 1.29 is 0 Å². The summed E-state index contributed by atoms with van der Waals surface area (Å²) in [5.74, 6) is 0.